The minimum Gasteiger partial charge on any atom is -0.259 e. The third kappa shape index (κ3) is 4.94. The standard InChI is InChI=1S/C7H10FN/c1-4-7(8)5-9-6(2)3/h4-5H,2H2,1,3H3/b7-4+,9-5-. The van der Waals surface area contributed by atoms with Crippen LogP contribution in [0.15, 0.2) is 29.2 Å². The van der Waals surface area contributed by atoms with Crippen LogP contribution >= 0.6 is 0 Å². The molecule has 0 amide bonds. The second-order valence-corrected chi connectivity index (χ2v) is 1.67. The molecular weight excluding hydrogens is 117 g/mol. The Morgan fingerprint density at radius 3 is 2.56 bits per heavy atom. The molecule has 0 aromatic rings. The lowest BCUT2D eigenvalue weighted by Crippen LogP contribution is -1.73. The highest BCUT2D eigenvalue weighted by Crippen LogP contribution is 1.93. The molecule has 0 aliphatic carbocycles. The van der Waals surface area contributed by atoms with Crippen LogP contribution in [0.5, 0.6) is 0 Å². The summed E-state index contributed by atoms with van der Waals surface area (Å²) < 4.78 is 12.2. The Kier molecular flexibility index (Phi) is 3.60. The number of allylic oxidation sites excluding steroid dienone is 3. The van der Waals surface area contributed by atoms with Crippen LogP contribution in [0, 0.1) is 0 Å². The van der Waals surface area contributed by atoms with Crippen LogP contribution in [0.1, 0.15) is 13.8 Å². The zero-order chi connectivity index (χ0) is 7.28. The highest BCUT2D eigenvalue weighted by Gasteiger charge is 1.81. The van der Waals surface area contributed by atoms with Gasteiger partial charge in [-0.25, -0.2) is 4.39 Å². The summed E-state index contributed by atoms with van der Waals surface area (Å²) in [5.41, 5.74) is 0.604. The SMILES string of the molecule is C=C(C)/N=C\C(F)=C/C. The first kappa shape index (κ1) is 8.08. The van der Waals surface area contributed by atoms with E-state index in [0.29, 0.717) is 5.70 Å². The Labute approximate surface area is 54.6 Å². The van der Waals surface area contributed by atoms with Crippen molar-refractivity contribution in [3.63, 3.8) is 0 Å². The molecule has 0 saturated carbocycles. The van der Waals surface area contributed by atoms with Gasteiger partial charge in [-0.1, -0.05) is 12.7 Å². The quantitative estimate of drug-likeness (QED) is 0.505. The molecule has 0 spiro atoms. The first-order chi connectivity index (χ1) is 4.16. The van der Waals surface area contributed by atoms with Gasteiger partial charge in [0, 0.05) is 5.70 Å². The van der Waals surface area contributed by atoms with Crippen molar-refractivity contribution in [2.24, 2.45) is 4.99 Å². The lowest BCUT2D eigenvalue weighted by atomic mass is 10.5. The van der Waals surface area contributed by atoms with E-state index in [1.165, 1.54) is 6.08 Å². The van der Waals surface area contributed by atoms with E-state index in [9.17, 15) is 4.39 Å². The molecule has 0 saturated heterocycles. The molecule has 1 nitrogen and oxygen atoms in total. The van der Waals surface area contributed by atoms with E-state index in [0.717, 1.165) is 6.21 Å². The van der Waals surface area contributed by atoms with Crippen LogP contribution in [-0.2, 0) is 0 Å². The minimum absolute atomic E-state index is 0.335. The van der Waals surface area contributed by atoms with Gasteiger partial charge in [-0.05, 0) is 13.8 Å². The van der Waals surface area contributed by atoms with Gasteiger partial charge in [-0.15, -0.1) is 0 Å². The second kappa shape index (κ2) is 4.01. The molecule has 0 aromatic heterocycles. The van der Waals surface area contributed by atoms with E-state index in [1.807, 2.05) is 0 Å². The smallest absolute Gasteiger partial charge is 0.137 e. The summed E-state index contributed by atoms with van der Waals surface area (Å²) in [7, 11) is 0. The third-order valence-corrected chi connectivity index (χ3v) is 0.684. The molecule has 9 heavy (non-hydrogen) atoms. The van der Waals surface area contributed by atoms with Crippen molar-refractivity contribution >= 4 is 6.21 Å². The summed E-state index contributed by atoms with van der Waals surface area (Å²) in [6, 6.07) is 0. The van der Waals surface area contributed by atoms with E-state index >= 15 is 0 Å². The monoisotopic (exact) mass is 127 g/mol. The Morgan fingerprint density at radius 2 is 2.22 bits per heavy atom. The molecule has 2 heteroatoms. The molecule has 0 fully saturated rings. The highest BCUT2D eigenvalue weighted by molar-refractivity contribution is 5.76. The number of nitrogens with zero attached hydrogens (tertiary/aromatic N) is 1. The molecule has 0 radical (unpaired) electrons. The van der Waals surface area contributed by atoms with Gasteiger partial charge >= 0.3 is 0 Å². The van der Waals surface area contributed by atoms with Crippen LogP contribution in [0.25, 0.3) is 0 Å². The van der Waals surface area contributed by atoms with Gasteiger partial charge in [0.15, 0.2) is 0 Å². The topological polar surface area (TPSA) is 12.4 Å². The van der Waals surface area contributed by atoms with Gasteiger partial charge in [-0.2, -0.15) is 0 Å². The first-order valence-electron chi connectivity index (χ1n) is 2.68. The summed E-state index contributed by atoms with van der Waals surface area (Å²) in [4.78, 5) is 3.63. The molecule has 0 bridgehead atoms. The minimum atomic E-state index is -0.335. The lowest BCUT2D eigenvalue weighted by molar-refractivity contribution is 0.684. The summed E-state index contributed by atoms with van der Waals surface area (Å²) in [6.45, 7) is 6.79. The van der Waals surface area contributed by atoms with Gasteiger partial charge in [0.25, 0.3) is 0 Å². The zero-order valence-electron chi connectivity index (χ0n) is 5.69. The fourth-order valence-electron chi connectivity index (χ4n) is 0.246. The van der Waals surface area contributed by atoms with Crippen molar-refractivity contribution < 1.29 is 4.39 Å². The van der Waals surface area contributed by atoms with E-state index in [4.69, 9.17) is 0 Å². The number of halogens is 1. The maximum absolute atomic E-state index is 12.2. The Hall–Kier alpha value is -0.920. The maximum Gasteiger partial charge on any atom is 0.137 e. The van der Waals surface area contributed by atoms with Crippen LogP contribution in [0.3, 0.4) is 0 Å². The van der Waals surface area contributed by atoms with E-state index < -0.39 is 0 Å². The lowest BCUT2D eigenvalue weighted by Gasteiger charge is -1.83. The van der Waals surface area contributed by atoms with Crippen LogP contribution in [0.2, 0.25) is 0 Å². The van der Waals surface area contributed by atoms with Crippen molar-refractivity contribution in [2.45, 2.75) is 13.8 Å². The first-order valence-corrected chi connectivity index (χ1v) is 2.68. The average molecular weight is 127 g/mol. The molecule has 0 aliphatic heterocycles. The van der Waals surface area contributed by atoms with Crippen LogP contribution in [-0.4, -0.2) is 6.21 Å². The molecule has 0 N–H and O–H groups in total. The van der Waals surface area contributed by atoms with Gasteiger partial charge in [0.1, 0.15) is 5.83 Å². The van der Waals surface area contributed by atoms with Crippen molar-refractivity contribution in [2.75, 3.05) is 0 Å². The van der Waals surface area contributed by atoms with Crippen molar-refractivity contribution in [1.29, 1.82) is 0 Å². The van der Waals surface area contributed by atoms with Crippen molar-refractivity contribution in [3.05, 3.63) is 24.2 Å². The predicted octanol–water partition coefficient (Wildman–Crippen LogP) is 2.46. The molecule has 0 atom stereocenters. The van der Waals surface area contributed by atoms with E-state index in [2.05, 4.69) is 11.6 Å². The third-order valence-electron chi connectivity index (χ3n) is 0.684. The highest BCUT2D eigenvalue weighted by atomic mass is 19.1. The van der Waals surface area contributed by atoms with Gasteiger partial charge in [0.05, 0.1) is 6.21 Å². The van der Waals surface area contributed by atoms with E-state index in [1.54, 1.807) is 13.8 Å². The van der Waals surface area contributed by atoms with Crippen molar-refractivity contribution in [3.8, 4) is 0 Å². The Morgan fingerprint density at radius 1 is 1.67 bits per heavy atom. The molecule has 0 rings (SSSR count). The average Bonchev–Trinajstić information content (AvgIpc) is 1.83. The summed E-state index contributed by atoms with van der Waals surface area (Å²) in [5.74, 6) is -0.335. The van der Waals surface area contributed by atoms with Gasteiger partial charge in [0.2, 0.25) is 0 Å². The number of hydrogen-bond donors (Lipinski definition) is 0. The van der Waals surface area contributed by atoms with Gasteiger partial charge < -0.3 is 0 Å². The Bertz CT molecular complexity index is 156. The number of hydrogen-bond acceptors (Lipinski definition) is 1. The van der Waals surface area contributed by atoms with Gasteiger partial charge in [-0.3, -0.25) is 4.99 Å². The molecule has 0 heterocycles. The van der Waals surface area contributed by atoms with Crippen molar-refractivity contribution in [1.82, 2.24) is 0 Å². The summed E-state index contributed by atoms with van der Waals surface area (Å²) in [5, 5.41) is 0. The van der Waals surface area contributed by atoms with Crippen LogP contribution in [0.4, 0.5) is 4.39 Å². The Balaban J connectivity index is 3.86. The largest absolute Gasteiger partial charge is 0.259 e. The fourth-order valence-corrected chi connectivity index (χ4v) is 0.246. The molecule has 0 unspecified atom stereocenters. The van der Waals surface area contributed by atoms with E-state index in [-0.39, 0.29) is 5.83 Å². The molecular formula is C7H10FN. The normalized spacial score (nSPS) is 12.6. The maximum atomic E-state index is 12.2. The molecule has 50 valence electrons. The summed E-state index contributed by atoms with van der Waals surface area (Å²) in [6.07, 6.45) is 2.48. The zero-order valence-corrected chi connectivity index (χ0v) is 5.69. The molecule has 0 aromatic carbocycles. The van der Waals surface area contributed by atoms with Crippen LogP contribution < -0.4 is 0 Å². The fraction of sp³-hybridized carbons (Fsp3) is 0.286. The summed E-state index contributed by atoms with van der Waals surface area (Å²) >= 11 is 0. The predicted molar refractivity (Wildman–Crippen MR) is 38.2 cm³/mol. The number of rotatable bonds is 2. The second-order valence-electron chi connectivity index (χ2n) is 1.67. The number of aliphatic imine (C=N–C) groups is 1. The molecule has 0 aliphatic rings.